The molecule has 4 aromatic carbocycles. The molecule has 0 heterocycles. The van der Waals surface area contributed by atoms with E-state index in [-0.39, 0.29) is 0 Å². The van der Waals surface area contributed by atoms with Crippen LogP contribution in [0.25, 0.3) is 28.3 Å². The van der Waals surface area contributed by atoms with Gasteiger partial charge < -0.3 is 0 Å². The SMILES string of the molecule is Cc1c(C)c(C2=CC=CC2)c2c(c1C)-c1c(C)c(=C(c3ccccc3)c3ccccc3)c(C)cc1=[C]2. The molecule has 0 aromatic heterocycles. The summed E-state index contributed by atoms with van der Waals surface area (Å²) in [5, 5.41) is 2.56. The van der Waals surface area contributed by atoms with Crippen LogP contribution in [0.3, 0.4) is 0 Å². The Kier molecular flexibility index (Phi) is 5.41. The second kappa shape index (κ2) is 8.64. The average molecular weight is 464 g/mol. The van der Waals surface area contributed by atoms with E-state index in [0.29, 0.717) is 0 Å². The van der Waals surface area contributed by atoms with Gasteiger partial charge in [0.15, 0.2) is 0 Å². The summed E-state index contributed by atoms with van der Waals surface area (Å²) < 4.78 is 0. The van der Waals surface area contributed by atoms with Crippen LogP contribution < -0.4 is 10.4 Å². The molecule has 6 rings (SSSR count). The quantitative estimate of drug-likeness (QED) is 0.260. The minimum Gasteiger partial charge on any atom is -0.0801 e. The van der Waals surface area contributed by atoms with Gasteiger partial charge in [-0.05, 0) is 130 Å². The summed E-state index contributed by atoms with van der Waals surface area (Å²) >= 11 is 0. The van der Waals surface area contributed by atoms with E-state index in [1.165, 1.54) is 82.8 Å². The standard InChI is InChI=1S/C36H31/c1-22-20-30-21-31-33(27-18-12-13-19-27)24(3)23(2)25(4)35(31)34(30)26(5)32(22)36(28-14-8-6-9-15-28)29-16-10-7-11-17-29/h6-18,20H,19H2,1-5H3. The fourth-order valence-corrected chi connectivity index (χ4v) is 6.22. The average Bonchev–Trinajstić information content (AvgIpc) is 3.55. The predicted molar refractivity (Wildman–Crippen MR) is 154 cm³/mol. The van der Waals surface area contributed by atoms with Gasteiger partial charge in [0.2, 0.25) is 0 Å². The van der Waals surface area contributed by atoms with Gasteiger partial charge in [-0.1, -0.05) is 85.0 Å². The maximum atomic E-state index is 3.88. The highest BCUT2D eigenvalue weighted by Crippen LogP contribution is 2.42. The molecular formula is C36H31. The van der Waals surface area contributed by atoms with Crippen molar-refractivity contribution in [1.82, 2.24) is 0 Å². The van der Waals surface area contributed by atoms with E-state index in [1.54, 1.807) is 0 Å². The summed E-state index contributed by atoms with van der Waals surface area (Å²) in [7, 11) is 0. The van der Waals surface area contributed by atoms with Crippen molar-refractivity contribution in [2.75, 3.05) is 0 Å². The van der Waals surface area contributed by atoms with Crippen LogP contribution in [0.4, 0.5) is 0 Å². The van der Waals surface area contributed by atoms with Gasteiger partial charge in [-0.25, -0.2) is 0 Å². The van der Waals surface area contributed by atoms with Crippen molar-refractivity contribution >= 4 is 17.2 Å². The van der Waals surface area contributed by atoms with E-state index in [2.05, 4.69) is 126 Å². The summed E-state index contributed by atoms with van der Waals surface area (Å²) in [6, 6.07) is 24.0. The molecule has 1 radical (unpaired) electrons. The Bertz CT molecular complexity index is 1670. The lowest BCUT2D eigenvalue weighted by atomic mass is 9.83. The first-order valence-electron chi connectivity index (χ1n) is 12.9. The number of allylic oxidation sites excluding steroid dienone is 4. The molecule has 0 amide bonds. The molecule has 0 nitrogen and oxygen atoms in total. The number of hydrogen-bond acceptors (Lipinski definition) is 0. The molecule has 0 atom stereocenters. The van der Waals surface area contributed by atoms with Crippen LogP contribution in [0.2, 0.25) is 0 Å². The van der Waals surface area contributed by atoms with Gasteiger partial charge in [0.25, 0.3) is 0 Å². The fraction of sp³-hybridized carbons (Fsp3) is 0.167. The first-order valence-corrected chi connectivity index (χ1v) is 12.9. The van der Waals surface area contributed by atoms with Crippen LogP contribution in [0.5, 0.6) is 0 Å². The number of fused-ring (bicyclic) bond motifs is 3. The van der Waals surface area contributed by atoms with Crippen molar-refractivity contribution < 1.29 is 0 Å². The highest BCUT2D eigenvalue weighted by atomic mass is 14.3. The van der Waals surface area contributed by atoms with Gasteiger partial charge in [0.1, 0.15) is 0 Å². The summed E-state index contributed by atoms with van der Waals surface area (Å²) in [5.74, 6) is 0. The Hall–Kier alpha value is -3.90. The number of hydrogen-bond donors (Lipinski definition) is 0. The molecule has 4 aromatic rings. The summed E-state index contributed by atoms with van der Waals surface area (Å²) in [5.41, 5.74) is 17.4. The molecule has 0 unspecified atom stereocenters. The molecule has 2 aliphatic carbocycles. The van der Waals surface area contributed by atoms with E-state index >= 15 is 0 Å². The zero-order chi connectivity index (χ0) is 25.0. The third-order valence-electron chi connectivity index (χ3n) is 8.13. The summed E-state index contributed by atoms with van der Waals surface area (Å²) in [4.78, 5) is 0. The van der Waals surface area contributed by atoms with Crippen LogP contribution in [0, 0.1) is 34.6 Å². The fourth-order valence-electron chi connectivity index (χ4n) is 6.22. The van der Waals surface area contributed by atoms with Crippen molar-refractivity contribution in [2.24, 2.45) is 0 Å². The molecule has 0 bridgehead atoms. The zero-order valence-corrected chi connectivity index (χ0v) is 21.8. The molecule has 0 heteroatoms. The lowest BCUT2D eigenvalue weighted by Crippen LogP contribution is -2.22. The lowest BCUT2D eigenvalue weighted by molar-refractivity contribution is 1.23. The largest absolute Gasteiger partial charge is 0.0801 e. The van der Waals surface area contributed by atoms with Gasteiger partial charge >= 0.3 is 0 Å². The van der Waals surface area contributed by atoms with Crippen LogP contribution in [-0.2, 0) is 0 Å². The monoisotopic (exact) mass is 463 g/mol. The molecule has 36 heavy (non-hydrogen) atoms. The summed E-state index contributed by atoms with van der Waals surface area (Å²) in [6.45, 7) is 11.4. The number of rotatable bonds is 3. The van der Waals surface area contributed by atoms with Gasteiger partial charge in [0, 0.05) is 0 Å². The van der Waals surface area contributed by atoms with Gasteiger partial charge in [0.05, 0.1) is 0 Å². The van der Waals surface area contributed by atoms with Crippen molar-refractivity contribution in [3.05, 3.63) is 145 Å². The Morgan fingerprint density at radius 3 is 1.86 bits per heavy atom. The zero-order valence-electron chi connectivity index (χ0n) is 21.8. The van der Waals surface area contributed by atoms with E-state index in [9.17, 15) is 0 Å². The maximum absolute atomic E-state index is 3.88. The molecule has 0 saturated carbocycles. The van der Waals surface area contributed by atoms with E-state index < -0.39 is 0 Å². The molecule has 2 aliphatic rings. The number of benzene rings is 4. The highest BCUT2D eigenvalue weighted by molar-refractivity contribution is 5.96. The Morgan fingerprint density at radius 2 is 1.28 bits per heavy atom. The van der Waals surface area contributed by atoms with Gasteiger partial charge in [-0.3, -0.25) is 0 Å². The van der Waals surface area contributed by atoms with Crippen LogP contribution in [0.15, 0.2) is 85.0 Å². The van der Waals surface area contributed by atoms with Crippen molar-refractivity contribution in [1.29, 1.82) is 0 Å². The molecule has 0 N–H and O–H groups in total. The Balaban J connectivity index is 1.75. The van der Waals surface area contributed by atoms with Crippen molar-refractivity contribution in [3.8, 4) is 11.1 Å². The van der Waals surface area contributed by atoms with Gasteiger partial charge in [-0.15, -0.1) is 0 Å². The third kappa shape index (κ3) is 3.36. The predicted octanol–water partition coefficient (Wildman–Crippen LogP) is 7.51. The smallest absolute Gasteiger partial charge is 0.000711 e. The lowest BCUT2D eigenvalue weighted by Gasteiger charge is -2.21. The van der Waals surface area contributed by atoms with E-state index in [1.807, 2.05) is 0 Å². The first kappa shape index (κ1) is 22.6. The topological polar surface area (TPSA) is 0 Å². The van der Waals surface area contributed by atoms with Crippen LogP contribution in [-0.4, -0.2) is 0 Å². The molecule has 0 fully saturated rings. The molecular weight excluding hydrogens is 432 g/mol. The third-order valence-corrected chi connectivity index (χ3v) is 8.13. The highest BCUT2D eigenvalue weighted by Gasteiger charge is 2.26. The maximum Gasteiger partial charge on any atom is -0.000711 e. The Morgan fingerprint density at radius 1 is 0.667 bits per heavy atom. The first-order chi connectivity index (χ1) is 17.5. The Labute approximate surface area is 214 Å². The van der Waals surface area contributed by atoms with Crippen LogP contribution >= 0.6 is 0 Å². The molecule has 0 spiro atoms. The van der Waals surface area contributed by atoms with E-state index in [4.69, 9.17) is 0 Å². The second-order valence-electron chi connectivity index (χ2n) is 10.2. The van der Waals surface area contributed by atoms with E-state index in [0.717, 1.165) is 6.42 Å². The number of aryl methyl sites for hydroxylation is 1. The summed E-state index contributed by atoms with van der Waals surface area (Å²) in [6.07, 6.45) is 11.6. The molecule has 0 saturated heterocycles. The molecule has 175 valence electrons. The minimum absolute atomic E-state index is 0.997. The molecule has 0 aliphatic heterocycles. The minimum atomic E-state index is 0.997. The van der Waals surface area contributed by atoms with Crippen molar-refractivity contribution in [2.45, 2.75) is 41.0 Å². The van der Waals surface area contributed by atoms with Crippen molar-refractivity contribution in [3.63, 3.8) is 0 Å². The normalized spacial score (nSPS) is 13.3. The van der Waals surface area contributed by atoms with Gasteiger partial charge in [-0.2, -0.15) is 0 Å². The van der Waals surface area contributed by atoms with Crippen LogP contribution in [0.1, 0.15) is 56.5 Å². The second-order valence-corrected chi connectivity index (χ2v) is 10.2.